The molecule has 0 radical (unpaired) electrons. The monoisotopic (exact) mass is 362 g/mol. The molecule has 1 N–H and O–H groups in total. The topological polar surface area (TPSA) is 69.0 Å². The highest BCUT2D eigenvalue weighted by Crippen LogP contribution is 2.11. The van der Waals surface area contributed by atoms with Crippen LogP contribution in [-0.4, -0.2) is 21.1 Å². The third kappa shape index (κ3) is 4.82. The Labute approximate surface area is 146 Å². The average molecular weight is 362 g/mol. The van der Waals surface area contributed by atoms with Crippen molar-refractivity contribution in [2.75, 3.05) is 5.32 Å². The predicted molar refractivity (Wildman–Crippen MR) is 85.7 cm³/mol. The first-order valence-electron chi connectivity index (χ1n) is 7.51. The molecule has 6 nitrogen and oxygen atoms in total. The molecular formula is C17H13F3N4O2. The molecule has 1 aromatic heterocycles. The fourth-order valence-electron chi connectivity index (χ4n) is 2.20. The van der Waals surface area contributed by atoms with Gasteiger partial charge < -0.3 is 4.74 Å². The zero-order valence-electron chi connectivity index (χ0n) is 13.3. The minimum atomic E-state index is -0.738. The van der Waals surface area contributed by atoms with Crippen LogP contribution >= 0.6 is 0 Å². The number of carbonyl (C=O) groups excluding carboxylic acids is 1. The molecule has 0 aliphatic carbocycles. The lowest BCUT2D eigenvalue weighted by molar-refractivity contribution is 0.153. The molecule has 0 saturated carbocycles. The molecule has 0 aliphatic heterocycles. The summed E-state index contributed by atoms with van der Waals surface area (Å²) in [5.74, 6) is -1.78. The Balaban J connectivity index is 1.53. The summed E-state index contributed by atoms with van der Waals surface area (Å²) in [5, 5.41) is 10.1. The van der Waals surface area contributed by atoms with E-state index in [4.69, 9.17) is 4.74 Å². The molecule has 0 bridgehead atoms. The van der Waals surface area contributed by atoms with Crippen LogP contribution in [0.1, 0.15) is 11.3 Å². The van der Waals surface area contributed by atoms with Crippen molar-refractivity contribution in [1.29, 1.82) is 0 Å². The molecule has 0 unspecified atom stereocenters. The highest BCUT2D eigenvalue weighted by atomic mass is 19.1. The van der Waals surface area contributed by atoms with E-state index in [2.05, 4.69) is 15.6 Å². The van der Waals surface area contributed by atoms with Crippen molar-refractivity contribution >= 4 is 11.8 Å². The van der Waals surface area contributed by atoms with Crippen molar-refractivity contribution in [3.8, 4) is 0 Å². The number of carbonyl (C=O) groups is 1. The third-order valence-corrected chi connectivity index (χ3v) is 3.29. The van der Waals surface area contributed by atoms with Gasteiger partial charge in [-0.2, -0.15) is 0 Å². The molecule has 1 heterocycles. The maximum Gasteiger partial charge on any atom is 0.412 e. The predicted octanol–water partition coefficient (Wildman–Crippen LogP) is 3.49. The van der Waals surface area contributed by atoms with Crippen molar-refractivity contribution < 1.29 is 22.7 Å². The van der Waals surface area contributed by atoms with Gasteiger partial charge in [0.25, 0.3) is 0 Å². The van der Waals surface area contributed by atoms with Crippen LogP contribution in [0.25, 0.3) is 0 Å². The number of ether oxygens (including phenoxy) is 1. The third-order valence-electron chi connectivity index (χ3n) is 3.29. The first kappa shape index (κ1) is 17.5. The number of amides is 1. The molecule has 0 aliphatic rings. The molecule has 0 atom stereocenters. The number of nitrogens with one attached hydrogen (secondary N) is 1. The van der Waals surface area contributed by atoms with E-state index >= 15 is 0 Å². The quantitative estimate of drug-likeness (QED) is 0.754. The number of aromatic nitrogens is 3. The van der Waals surface area contributed by atoms with Gasteiger partial charge in [0.2, 0.25) is 0 Å². The van der Waals surface area contributed by atoms with Gasteiger partial charge in [0.05, 0.1) is 12.7 Å². The van der Waals surface area contributed by atoms with Gasteiger partial charge in [-0.05, 0) is 42.0 Å². The number of hydrogen-bond acceptors (Lipinski definition) is 4. The smallest absolute Gasteiger partial charge is 0.412 e. The Hall–Kier alpha value is -3.36. The van der Waals surface area contributed by atoms with Crippen LogP contribution in [0.5, 0.6) is 0 Å². The summed E-state index contributed by atoms with van der Waals surface area (Å²) in [7, 11) is 0. The Morgan fingerprint density at radius 3 is 2.42 bits per heavy atom. The zero-order chi connectivity index (χ0) is 18.5. The molecule has 3 rings (SSSR count). The van der Waals surface area contributed by atoms with Gasteiger partial charge in [-0.25, -0.2) is 22.6 Å². The average Bonchev–Trinajstić information content (AvgIpc) is 3.01. The number of nitrogens with zero attached hydrogens (tertiary/aromatic N) is 3. The van der Waals surface area contributed by atoms with Crippen LogP contribution < -0.4 is 5.32 Å². The summed E-state index contributed by atoms with van der Waals surface area (Å²) in [6, 6.07) is 8.36. The lowest BCUT2D eigenvalue weighted by atomic mass is 10.2. The van der Waals surface area contributed by atoms with Gasteiger partial charge in [-0.3, -0.25) is 5.32 Å². The number of hydrogen-bond donors (Lipinski definition) is 1. The van der Waals surface area contributed by atoms with Crippen LogP contribution in [0.4, 0.5) is 23.7 Å². The standard InChI is InChI=1S/C17H13F3N4O2/c18-12-1-3-15(4-2-12)21-17(25)26-10-16-9-24(23-22-16)8-11-5-13(19)7-14(20)6-11/h1-7,9H,8,10H2,(H,21,25). The first-order chi connectivity index (χ1) is 12.5. The SMILES string of the molecule is O=C(Nc1ccc(F)cc1)OCc1cn(Cc2cc(F)cc(F)c2)nn1. The van der Waals surface area contributed by atoms with Gasteiger partial charge in [-0.1, -0.05) is 5.21 Å². The molecular weight excluding hydrogens is 349 g/mol. The fraction of sp³-hybridized carbons (Fsp3) is 0.118. The highest BCUT2D eigenvalue weighted by molar-refractivity contribution is 5.84. The highest BCUT2D eigenvalue weighted by Gasteiger charge is 2.08. The molecule has 0 saturated heterocycles. The van der Waals surface area contributed by atoms with Crippen LogP contribution in [0.2, 0.25) is 0 Å². The second kappa shape index (κ2) is 7.68. The maximum atomic E-state index is 13.2. The molecule has 26 heavy (non-hydrogen) atoms. The minimum Gasteiger partial charge on any atom is -0.443 e. The van der Waals surface area contributed by atoms with E-state index < -0.39 is 23.5 Å². The van der Waals surface area contributed by atoms with E-state index in [9.17, 15) is 18.0 Å². The van der Waals surface area contributed by atoms with Gasteiger partial charge >= 0.3 is 6.09 Å². The van der Waals surface area contributed by atoms with Crippen molar-refractivity contribution in [3.05, 3.63) is 77.4 Å². The first-order valence-corrected chi connectivity index (χ1v) is 7.51. The molecule has 134 valence electrons. The van der Waals surface area contributed by atoms with Crippen molar-refractivity contribution in [2.24, 2.45) is 0 Å². The van der Waals surface area contributed by atoms with E-state index in [1.54, 1.807) is 0 Å². The summed E-state index contributed by atoms with van der Waals surface area (Å²) in [6.45, 7) is -0.0337. The fourth-order valence-corrected chi connectivity index (χ4v) is 2.20. The Bertz CT molecular complexity index is 892. The molecule has 1 amide bonds. The number of halogens is 3. The summed E-state index contributed by atoms with van der Waals surface area (Å²) in [6.07, 6.45) is 0.756. The summed E-state index contributed by atoms with van der Waals surface area (Å²) >= 11 is 0. The largest absolute Gasteiger partial charge is 0.443 e. The van der Waals surface area contributed by atoms with Crippen LogP contribution in [-0.2, 0) is 17.9 Å². The van der Waals surface area contributed by atoms with Crippen molar-refractivity contribution in [3.63, 3.8) is 0 Å². The van der Waals surface area contributed by atoms with Gasteiger partial charge in [0.15, 0.2) is 0 Å². The summed E-state index contributed by atoms with van der Waals surface area (Å²) in [4.78, 5) is 11.7. The Morgan fingerprint density at radius 1 is 1.04 bits per heavy atom. The molecule has 3 aromatic rings. The van der Waals surface area contributed by atoms with Crippen LogP contribution in [0.3, 0.4) is 0 Å². The Kier molecular flexibility index (Phi) is 5.16. The maximum absolute atomic E-state index is 13.2. The number of anilines is 1. The zero-order valence-corrected chi connectivity index (χ0v) is 13.3. The van der Waals surface area contributed by atoms with Crippen molar-refractivity contribution in [2.45, 2.75) is 13.2 Å². The number of benzene rings is 2. The molecule has 2 aromatic carbocycles. The second-order valence-electron chi connectivity index (χ2n) is 5.39. The van der Waals surface area contributed by atoms with E-state index in [0.29, 0.717) is 16.9 Å². The lowest BCUT2D eigenvalue weighted by Gasteiger charge is -2.05. The second-order valence-corrected chi connectivity index (χ2v) is 5.39. The summed E-state index contributed by atoms with van der Waals surface area (Å²) < 4.78 is 45.5. The minimum absolute atomic E-state index is 0.115. The molecule has 0 spiro atoms. The van der Waals surface area contributed by atoms with E-state index in [1.165, 1.54) is 47.3 Å². The van der Waals surface area contributed by atoms with Crippen LogP contribution in [0.15, 0.2) is 48.7 Å². The van der Waals surface area contributed by atoms with E-state index in [1.807, 2.05) is 0 Å². The van der Waals surface area contributed by atoms with E-state index in [0.717, 1.165) is 6.07 Å². The van der Waals surface area contributed by atoms with Crippen molar-refractivity contribution in [1.82, 2.24) is 15.0 Å². The molecule has 9 heteroatoms. The number of rotatable bonds is 5. The van der Waals surface area contributed by atoms with Crippen LogP contribution in [0, 0.1) is 17.5 Å². The van der Waals surface area contributed by atoms with Gasteiger partial charge in [0.1, 0.15) is 29.8 Å². The Morgan fingerprint density at radius 2 is 1.73 bits per heavy atom. The lowest BCUT2D eigenvalue weighted by Crippen LogP contribution is -2.13. The van der Waals surface area contributed by atoms with Gasteiger partial charge in [0, 0.05) is 11.8 Å². The van der Waals surface area contributed by atoms with Gasteiger partial charge in [-0.15, -0.1) is 5.10 Å². The summed E-state index contributed by atoms with van der Waals surface area (Å²) in [5.41, 5.74) is 1.12. The molecule has 0 fully saturated rings. The van der Waals surface area contributed by atoms with E-state index in [-0.39, 0.29) is 13.2 Å². The normalized spacial score (nSPS) is 10.6.